The number of nitrogens with one attached hydrogen (secondary N) is 1. The standard InChI is InChI=1S/C28H34N8O4/c1-4-33(5-2)19-6-7-20-18(3)21(25(37)40-22(20)16-19)8-12-36-26(38)28(31-27(36)39)9-13-34(14-10-28)23-24-32-30-17-35(24)15-11-29-23/h6-7,11,15-18,21H,4-5,8-10,12-14H2,1-3H3,(H,31,39). The van der Waals surface area contributed by atoms with Crippen molar-refractivity contribution in [2.75, 3.05) is 42.5 Å². The maximum atomic E-state index is 13.6. The zero-order chi connectivity index (χ0) is 28.0. The van der Waals surface area contributed by atoms with E-state index in [9.17, 15) is 14.4 Å². The van der Waals surface area contributed by atoms with Crippen LogP contribution in [0.5, 0.6) is 5.75 Å². The van der Waals surface area contributed by atoms with Crippen LogP contribution in [0.3, 0.4) is 0 Å². The molecule has 3 aromatic rings. The van der Waals surface area contributed by atoms with Crippen LogP contribution in [-0.4, -0.2) is 80.7 Å². The Morgan fingerprint density at radius 2 is 1.93 bits per heavy atom. The van der Waals surface area contributed by atoms with Crippen LogP contribution in [0.25, 0.3) is 5.65 Å². The van der Waals surface area contributed by atoms with Crippen LogP contribution in [0.1, 0.15) is 51.5 Å². The molecule has 3 aliphatic heterocycles. The molecule has 1 aromatic carbocycles. The van der Waals surface area contributed by atoms with Crippen molar-refractivity contribution in [2.45, 2.75) is 51.5 Å². The van der Waals surface area contributed by atoms with Gasteiger partial charge in [0.1, 0.15) is 17.6 Å². The Kier molecular flexibility index (Phi) is 6.55. The summed E-state index contributed by atoms with van der Waals surface area (Å²) in [5, 5.41) is 11.1. The number of imide groups is 1. The lowest BCUT2D eigenvalue weighted by Gasteiger charge is -2.37. The SMILES string of the molecule is CCN(CC)c1ccc2c(c1)OC(=O)C(CCN1C(=O)NC3(CCN(c4nccn5cnnc45)CC3)C1=O)C2C. The van der Waals surface area contributed by atoms with Crippen LogP contribution < -0.4 is 19.9 Å². The number of piperidine rings is 1. The molecule has 0 aliphatic carbocycles. The topological polar surface area (TPSA) is 125 Å². The van der Waals surface area contributed by atoms with E-state index in [4.69, 9.17) is 4.74 Å². The Morgan fingerprint density at radius 3 is 2.67 bits per heavy atom. The predicted octanol–water partition coefficient (Wildman–Crippen LogP) is 2.59. The average Bonchev–Trinajstić information content (AvgIpc) is 3.52. The fourth-order valence-corrected chi connectivity index (χ4v) is 6.30. The zero-order valence-corrected chi connectivity index (χ0v) is 23.0. The first-order valence-corrected chi connectivity index (χ1v) is 14.0. The van der Waals surface area contributed by atoms with E-state index >= 15 is 0 Å². The predicted molar refractivity (Wildman–Crippen MR) is 147 cm³/mol. The molecular weight excluding hydrogens is 512 g/mol. The van der Waals surface area contributed by atoms with Gasteiger partial charge < -0.3 is 19.9 Å². The number of carbonyl (C=O) groups is 3. The first-order valence-electron chi connectivity index (χ1n) is 14.0. The third-order valence-corrected chi connectivity index (χ3v) is 8.76. The molecule has 2 fully saturated rings. The van der Waals surface area contributed by atoms with Crippen molar-refractivity contribution in [3.8, 4) is 5.75 Å². The highest BCUT2D eigenvalue weighted by atomic mass is 16.5. The number of carbonyl (C=O) groups excluding carboxylic acids is 3. The zero-order valence-electron chi connectivity index (χ0n) is 23.0. The largest absolute Gasteiger partial charge is 0.426 e. The average molecular weight is 547 g/mol. The molecular formula is C28H34N8O4. The number of fused-ring (bicyclic) bond motifs is 2. The smallest absolute Gasteiger partial charge is 0.325 e. The molecule has 3 aliphatic rings. The Bertz CT molecular complexity index is 1460. The number of aromatic nitrogens is 4. The lowest BCUT2D eigenvalue weighted by molar-refractivity contribution is -0.142. The molecule has 210 valence electrons. The number of benzene rings is 1. The first kappa shape index (κ1) is 26.0. The molecule has 40 heavy (non-hydrogen) atoms. The summed E-state index contributed by atoms with van der Waals surface area (Å²) in [5.41, 5.74) is 1.70. The van der Waals surface area contributed by atoms with E-state index < -0.39 is 17.5 Å². The van der Waals surface area contributed by atoms with Crippen molar-refractivity contribution in [3.05, 3.63) is 42.5 Å². The Hall–Kier alpha value is -4.22. The van der Waals surface area contributed by atoms with Gasteiger partial charge in [-0.15, -0.1) is 10.2 Å². The van der Waals surface area contributed by atoms with Crippen molar-refractivity contribution in [1.82, 2.24) is 29.8 Å². The summed E-state index contributed by atoms with van der Waals surface area (Å²) in [5.74, 6) is 0.217. The highest BCUT2D eigenvalue weighted by Crippen LogP contribution is 2.41. The summed E-state index contributed by atoms with van der Waals surface area (Å²) in [6.45, 7) is 9.15. The third-order valence-electron chi connectivity index (χ3n) is 8.76. The molecule has 0 bridgehead atoms. The summed E-state index contributed by atoms with van der Waals surface area (Å²) in [6, 6.07) is 5.61. The fourth-order valence-electron chi connectivity index (χ4n) is 6.30. The second kappa shape index (κ2) is 10.1. The Balaban J connectivity index is 1.11. The lowest BCUT2D eigenvalue weighted by Crippen LogP contribution is -2.55. The lowest BCUT2D eigenvalue weighted by atomic mass is 9.82. The van der Waals surface area contributed by atoms with Crippen molar-refractivity contribution in [1.29, 1.82) is 0 Å². The number of hydrogen-bond acceptors (Lipinski definition) is 9. The minimum atomic E-state index is -0.946. The van der Waals surface area contributed by atoms with Crippen molar-refractivity contribution < 1.29 is 19.1 Å². The van der Waals surface area contributed by atoms with E-state index in [1.54, 1.807) is 23.1 Å². The third kappa shape index (κ3) is 4.22. The first-order chi connectivity index (χ1) is 19.3. The van der Waals surface area contributed by atoms with Crippen LogP contribution in [0.4, 0.5) is 16.3 Å². The van der Waals surface area contributed by atoms with Gasteiger partial charge in [0, 0.05) is 56.9 Å². The maximum Gasteiger partial charge on any atom is 0.325 e. The molecule has 12 heteroatoms. The van der Waals surface area contributed by atoms with Gasteiger partial charge in [0.2, 0.25) is 5.65 Å². The number of amides is 3. The molecule has 2 aromatic heterocycles. The van der Waals surface area contributed by atoms with Gasteiger partial charge in [0.15, 0.2) is 5.82 Å². The highest BCUT2D eigenvalue weighted by molar-refractivity contribution is 6.07. The second-order valence-electron chi connectivity index (χ2n) is 10.8. The van der Waals surface area contributed by atoms with E-state index in [0.717, 1.165) is 24.3 Å². The van der Waals surface area contributed by atoms with Crippen LogP contribution in [-0.2, 0) is 9.59 Å². The second-order valence-corrected chi connectivity index (χ2v) is 10.8. The molecule has 1 N–H and O–H groups in total. The van der Waals surface area contributed by atoms with Crippen LogP contribution >= 0.6 is 0 Å². The molecule has 2 atom stereocenters. The van der Waals surface area contributed by atoms with Gasteiger partial charge in [-0.05, 0) is 50.7 Å². The molecule has 3 amide bonds. The number of ether oxygens (including phenoxy) is 1. The van der Waals surface area contributed by atoms with Gasteiger partial charge in [0.05, 0.1) is 5.92 Å². The van der Waals surface area contributed by atoms with Crippen LogP contribution in [0.2, 0.25) is 0 Å². The maximum absolute atomic E-state index is 13.6. The summed E-state index contributed by atoms with van der Waals surface area (Å²) >= 11 is 0. The summed E-state index contributed by atoms with van der Waals surface area (Å²) in [7, 11) is 0. The van der Waals surface area contributed by atoms with Gasteiger partial charge in [-0.2, -0.15) is 0 Å². The number of hydrogen-bond donors (Lipinski definition) is 1. The summed E-state index contributed by atoms with van der Waals surface area (Å²) in [6.07, 6.45) is 6.35. The quantitative estimate of drug-likeness (QED) is 0.270. The van der Waals surface area contributed by atoms with Gasteiger partial charge in [0.25, 0.3) is 5.91 Å². The molecule has 1 spiro atoms. The number of anilines is 2. The van der Waals surface area contributed by atoms with Crippen molar-refractivity contribution in [3.63, 3.8) is 0 Å². The minimum Gasteiger partial charge on any atom is -0.426 e. The molecule has 12 nitrogen and oxygen atoms in total. The van der Waals surface area contributed by atoms with Gasteiger partial charge in [-0.1, -0.05) is 13.0 Å². The van der Waals surface area contributed by atoms with Crippen LogP contribution in [0, 0.1) is 5.92 Å². The molecule has 0 saturated carbocycles. The van der Waals surface area contributed by atoms with Crippen molar-refractivity contribution >= 4 is 35.1 Å². The molecule has 5 heterocycles. The number of urea groups is 1. The monoisotopic (exact) mass is 546 g/mol. The normalized spacial score (nSPS) is 22.0. The van der Waals surface area contributed by atoms with E-state index in [1.165, 1.54) is 4.90 Å². The fraction of sp³-hybridized carbons (Fsp3) is 0.500. The summed E-state index contributed by atoms with van der Waals surface area (Å²) < 4.78 is 7.56. The van der Waals surface area contributed by atoms with Gasteiger partial charge >= 0.3 is 12.0 Å². The van der Waals surface area contributed by atoms with Gasteiger partial charge in [-0.3, -0.25) is 18.9 Å². The van der Waals surface area contributed by atoms with Crippen molar-refractivity contribution in [2.24, 2.45) is 5.92 Å². The highest BCUT2D eigenvalue weighted by Gasteiger charge is 2.52. The molecule has 2 unspecified atom stereocenters. The van der Waals surface area contributed by atoms with E-state index in [2.05, 4.69) is 50.2 Å². The van der Waals surface area contributed by atoms with E-state index in [1.807, 2.05) is 19.1 Å². The number of esters is 1. The Morgan fingerprint density at radius 1 is 1.15 bits per heavy atom. The molecule has 2 saturated heterocycles. The van der Waals surface area contributed by atoms with Gasteiger partial charge in [-0.25, -0.2) is 9.78 Å². The summed E-state index contributed by atoms with van der Waals surface area (Å²) in [4.78, 5) is 49.6. The number of rotatable bonds is 7. The minimum absolute atomic E-state index is 0.0904. The molecule has 0 radical (unpaired) electrons. The van der Waals surface area contributed by atoms with E-state index in [0.29, 0.717) is 49.6 Å². The van der Waals surface area contributed by atoms with Crippen LogP contribution in [0.15, 0.2) is 36.9 Å². The Labute approximate surface area is 232 Å². The molecule has 6 rings (SSSR count). The van der Waals surface area contributed by atoms with E-state index in [-0.39, 0.29) is 24.3 Å². The number of nitrogens with zero attached hydrogens (tertiary/aromatic N) is 7.